The average Bonchev–Trinajstić information content (AvgIpc) is 2.77. The summed E-state index contributed by atoms with van der Waals surface area (Å²) >= 11 is 3.42. The summed E-state index contributed by atoms with van der Waals surface area (Å²) in [6.45, 7) is 0.461. The molecule has 0 radical (unpaired) electrons. The lowest BCUT2D eigenvalue weighted by Gasteiger charge is -2.32. The Kier molecular flexibility index (Phi) is 3.61. The van der Waals surface area contributed by atoms with Crippen molar-refractivity contribution >= 4 is 37.7 Å². The Morgan fingerprint density at radius 3 is 2.79 bits per heavy atom. The van der Waals surface area contributed by atoms with Crippen LogP contribution in [0.25, 0.3) is 0 Å². The number of sulfone groups is 1. The highest BCUT2D eigenvalue weighted by atomic mass is 79.9. The molecule has 3 aliphatic heterocycles. The lowest BCUT2D eigenvalue weighted by atomic mass is 9.99. The van der Waals surface area contributed by atoms with Gasteiger partial charge in [0, 0.05) is 18.5 Å². The smallest absolute Gasteiger partial charge is 0.328 e. The molecule has 1 aromatic carbocycles. The van der Waals surface area contributed by atoms with E-state index in [-0.39, 0.29) is 18.1 Å². The zero-order chi connectivity index (χ0) is 17.1. The number of para-hydroxylation sites is 1. The van der Waals surface area contributed by atoms with Gasteiger partial charge < -0.3 is 9.64 Å². The summed E-state index contributed by atoms with van der Waals surface area (Å²) in [7, 11) is -3.29. The number of nitrogens with zero attached hydrogens (tertiary/aromatic N) is 2. The lowest BCUT2D eigenvalue weighted by molar-refractivity contribution is -0.129. The number of ether oxygens (including phenoxy) is 1. The van der Waals surface area contributed by atoms with Crippen LogP contribution in [-0.2, 0) is 14.6 Å². The lowest BCUT2D eigenvalue weighted by Crippen LogP contribution is -2.48. The molecule has 0 unspecified atom stereocenters. The highest BCUT2D eigenvalue weighted by molar-refractivity contribution is 9.10. The molecule has 24 heavy (non-hydrogen) atoms. The molecular formula is C15H15BrN2O5S. The van der Waals surface area contributed by atoms with Crippen molar-refractivity contribution in [3.8, 4) is 5.75 Å². The van der Waals surface area contributed by atoms with Crippen LogP contribution >= 0.6 is 15.9 Å². The fraction of sp³-hybridized carbons (Fsp3) is 0.467. The molecule has 0 aliphatic carbocycles. The predicted molar refractivity (Wildman–Crippen MR) is 88.4 cm³/mol. The van der Waals surface area contributed by atoms with Gasteiger partial charge >= 0.3 is 6.03 Å². The highest BCUT2D eigenvalue weighted by Gasteiger charge is 2.52. The summed E-state index contributed by atoms with van der Waals surface area (Å²) < 4.78 is 30.1. The van der Waals surface area contributed by atoms with Gasteiger partial charge in [-0.2, -0.15) is 0 Å². The summed E-state index contributed by atoms with van der Waals surface area (Å²) in [5.41, 5.74) is 0.764. The Bertz CT molecular complexity index is 840. The monoisotopic (exact) mass is 414 g/mol. The molecule has 3 amide bonds. The van der Waals surface area contributed by atoms with E-state index in [4.69, 9.17) is 4.74 Å². The number of amides is 3. The molecule has 0 saturated carbocycles. The quantitative estimate of drug-likeness (QED) is 0.647. The van der Waals surface area contributed by atoms with E-state index >= 15 is 0 Å². The van der Waals surface area contributed by atoms with Crippen molar-refractivity contribution in [1.29, 1.82) is 0 Å². The molecule has 9 heteroatoms. The third kappa shape index (κ3) is 2.33. The summed E-state index contributed by atoms with van der Waals surface area (Å²) in [6, 6.07) is 3.77. The minimum atomic E-state index is -3.29. The first-order valence-electron chi connectivity index (χ1n) is 7.64. The van der Waals surface area contributed by atoms with Crippen molar-refractivity contribution in [3.63, 3.8) is 0 Å². The summed E-state index contributed by atoms with van der Waals surface area (Å²) in [5, 5.41) is 0. The number of rotatable bonds is 1. The molecule has 3 aliphatic rings. The van der Waals surface area contributed by atoms with Crippen LogP contribution in [-0.4, -0.2) is 60.9 Å². The first kappa shape index (κ1) is 15.9. The van der Waals surface area contributed by atoms with E-state index in [2.05, 4.69) is 15.9 Å². The molecule has 0 aromatic heterocycles. The molecule has 0 N–H and O–H groups in total. The van der Waals surface area contributed by atoms with Crippen LogP contribution in [0.15, 0.2) is 22.7 Å². The van der Waals surface area contributed by atoms with Crippen LogP contribution in [0.1, 0.15) is 18.0 Å². The van der Waals surface area contributed by atoms with E-state index in [1.54, 1.807) is 0 Å². The fourth-order valence-corrected chi connectivity index (χ4v) is 5.50. The maximum Gasteiger partial charge on any atom is 0.328 e. The molecule has 0 bridgehead atoms. The number of urea groups is 1. The van der Waals surface area contributed by atoms with Crippen LogP contribution in [0.2, 0.25) is 0 Å². The largest absolute Gasteiger partial charge is 0.492 e. The third-order valence-electron chi connectivity index (χ3n) is 4.71. The Morgan fingerprint density at radius 1 is 1.21 bits per heavy atom. The number of hydrogen-bond donors (Lipinski definition) is 0. The third-order valence-corrected chi connectivity index (χ3v) is 6.96. The van der Waals surface area contributed by atoms with E-state index in [9.17, 15) is 18.0 Å². The van der Waals surface area contributed by atoms with E-state index in [0.29, 0.717) is 18.8 Å². The van der Waals surface area contributed by atoms with Gasteiger partial charge in [-0.1, -0.05) is 12.1 Å². The minimum absolute atomic E-state index is 0.0721. The number of fused-ring (bicyclic) bond motifs is 2. The van der Waals surface area contributed by atoms with Crippen LogP contribution in [0, 0.1) is 0 Å². The van der Waals surface area contributed by atoms with Crippen LogP contribution < -0.4 is 4.74 Å². The van der Waals surface area contributed by atoms with E-state index in [1.807, 2.05) is 18.2 Å². The summed E-state index contributed by atoms with van der Waals surface area (Å²) in [4.78, 5) is 28.1. The van der Waals surface area contributed by atoms with Gasteiger partial charge in [0.2, 0.25) is 0 Å². The van der Waals surface area contributed by atoms with E-state index in [1.165, 1.54) is 9.80 Å². The van der Waals surface area contributed by atoms with Gasteiger partial charge in [-0.25, -0.2) is 13.2 Å². The van der Waals surface area contributed by atoms with Gasteiger partial charge in [0.15, 0.2) is 9.84 Å². The number of benzene rings is 1. The second-order valence-corrected chi connectivity index (χ2v) is 9.21. The molecule has 3 heterocycles. The molecule has 1 aromatic rings. The number of hydrogen-bond acceptors (Lipinski definition) is 5. The highest BCUT2D eigenvalue weighted by Crippen LogP contribution is 2.42. The van der Waals surface area contributed by atoms with E-state index < -0.39 is 33.9 Å². The molecular weight excluding hydrogens is 400 g/mol. The first-order valence-corrected chi connectivity index (χ1v) is 10.3. The van der Waals surface area contributed by atoms with Crippen LogP contribution in [0.4, 0.5) is 4.79 Å². The molecule has 4 rings (SSSR count). The van der Waals surface area contributed by atoms with Gasteiger partial charge in [-0.15, -0.1) is 0 Å². The van der Waals surface area contributed by atoms with Crippen molar-refractivity contribution in [3.05, 3.63) is 28.2 Å². The normalized spacial score (nSPS) is 28.4. The minimum Gasteiger partial charge on any atom is -0.492 e. The Morgan fingerprint density at radius 2 is 2.00 bits per heavy atom. The maximum atomic E-state index is 12.8. The van der Waals surface area contributed by atoms with Crippen molar-refractivity contribution < 1.29 is 22.7 Å². The number of carbonyl (C=O) groups excluding carboxylic acids is 2. The second-order valence-electron chi connectivity index (χ2n) is 6.13. The second kappa shape index (κ2) is 5.45. The number of halogens is 1. The Balaban J connectivity index is 1.73. The topological polar surface area (TPSA) is 84.0 Å². The molecule has 2 saturated heterocycles. The Labute approximate surface area is 147 Å². The summed E-state index contributed by atoms with van der Waals surface area (Å²) in [5.74, 6) is -0.178. The fourth-order valence-electron chi connectivity index (χ4n) is 3.56. The molecule has 128 valence electrons. The van der Waals surface area contributed by atoms with Crippen molar-refractivity contribution in [1.82, 2.24) is 9.80 Å². The van der Waals surface area contributed by atoms with Gasteiger partial charge in [-0.3, -0.25) is 9.69 Å². The van der Waals surface area contributed by atoms with Gasteiger partial charge in [-0.05, 0) is 22.0 Å². The van der Waals surface area contributed by atoms with Gasteiger partial charge in [0.25, 0.3) is 5.91 Å². The van der Waals surface area contributed by atoms with E-state index in [0.717, 1.165) is 10.0 Å². The molecule has 2 atom stereocenters. The molecule has 2 fully saturated rings. The van der Waals surface area contributed by atoms with Crippen LogP contribution in [0.3, 0.4) is 0 Å². The van der Waals surface area contributed by atoms with Crippen LogP contribution in [0.5, 0.6) is 5.75 Å². The standard InChI is InChI=1S/C15H15BrN2O5S/c16-10-3-1-2-9-11(4-6-23-13(9)10)18-14(19)12-8-24(21,22)7-5-17(12)15(18)20/h1-3,11-12H,4-8H2/t11-,12-/m0/s1. The Hall–Kier alpha value is -1.61. The van der Waals surface area contributed by atoms with Crippen molar-refractivity contribution in [2.24, 2.45) is 0 Å². The zero-order valence-corrected chi connectivity index (χ0v) is 15.0. The number of carbonyl (C=O) groups is 2. The summed E-state index contributed by atoms with van der Waals surface area (Å²) in [6.07, 6.45) is 0.494. The van der Waals surface area contributed by atoms with Crippen molar-refractivity contribution in [2.75, 3.05) is 24.7 Å². The number of imide groups is 1. The van der Waals surface area contributed by atoms with Crippen molar-refractivity contribution in [2.45, 2.75) is 18.5 Å². The molecule has 7 nitrogen and oxygen atoms in total. The van der Waals surface area contributed by atoms with Gasteiger partial charge in [0.05, 0.1) is 28.6 Å². The zero-order valence-electron chi connectivity index (χ0n) is 12.6. The van der Waals surface area contributed by atoms with Gasteiger partial charge in [0.1, 0.15) is 11.8 Å². The SMILES string of the molecule is O=C1[C@@H]2CS(=O)(=O)CCN2C(=O)N1[C@H]1CCOc2c(Br)cccc21. The maximum absolute atomic E-state index is 12.8. The average molecular weight is 415 g/mol. The molecule has 0 spiro atoms. The predicted octanol–water partition coefficient (Wildman–Crippen LogP) is 1.33. The first-order chi connectivity index (χ1) is 11.4.